The van der Waals surface area contributed by atoms with Gasteiger partial charge in [-0.3, -0.25) is 4.79 Å². The van der Waals surface area contributed by atoms with E-state index in [1.54, 1.807) is 0 Å². The van der Waals surface area contributed by atoms with Crippen LogP contribution in [0.2, 0.25) is 0 Å². The quantitative estimate of drug-likeness (QED) is 0.833. The lowest BCUT2D eigenvalue weighted by atomic mass is 10.1. The van der Waals surface area contributed by atoms with Crippen LogP contribution in [-0.2, 0) is 5.54 Å². The molecule has 88 valence electrons. The number of nitrogens with one attached hydrogen (secondary N) is 1. The van der Waals surface area contributed by atoms with E-state index in [0.717, 1.165) is 18.0 Å². The molecule has 0 spiro atoms. The Morgan fingerprint density at radius 3 is 2.69 bits per heavy atom. The van der Waals surface area contributed by atoms with Gasteiger partial charge in [-0.25, -0.2) is 0 Å². The average Bonchev–Trinajstić information content (AvgIpc) is 2.86. The van der Waals surface area contributed by atoms with Gasteiger partial charge in [-0.2, -0.15) is 0 Å². The molecule has 1 aromatic heterocycles. The minimum absolute atomic E-state index is 0.0367. The minimum Gasteiger partial charge on any atom is -0.352 e. The zero-order valence-electron chi connectivity index (χ0n) is 10.3. The average molecular weight is 220 g/mol. The highest BCUT2D eigenvalue weighted by Gasteiger charge is 2.22. The summed E-state index contributed by atoms with van der Waals surface area (Å²) in [5, 5.41) is 2.97. The molecule has 1 aliphatic rings. The molecule has 0 aromatic carbocycles. The molecular weight excluding hydrogens is 200 g/mol. The second kappa shape index (κ2) is 3.96. The molecule has 1 aliphatic carbocycles. The first-order chi connectivity index (χ1) is 7.47. The maximum atomic E-state index is 11.8. The van der Waals surface area contributed by atoms with Gasteiger partial charge in [0.2, 0.25) is 0 Å². The molecule has 0 aliphatic heterocycles. The van der Waals surface area contributed by atoms with E-state index in [4.69, 9.17) is 0 Å². The maximum absolute atomic E-state index is 11.8. The van der Waals surface area contributed by atoms with Crippen molar-refractivity contribution in [3.05, 3.63) is 24.0 Å². The predicted octanol–water partition coefficient (Wildman–Crippen LogP) is 2.38. The largest absolute Gasteiger partial charge is 0.352 e. The summed E-state index contributed by atoms with van der Waals surface area (Å²) >= 11 is 0. The first-order valence-electron chi connectivity index (χ1n) is 5.93. The summed E-state index contributed by atoms with van der Waals surface area (Å²) < 4.78 is 2.07. The van der Waals surface area contributed by atoms with Crippen LogP contribution in [0.15, 0.2) is 18.5 Å². The van der Waals surface area contributed by atoms with Crippen LogP contribution in [0.4, 0.5) is 0 Å². The van der Waals surface area contributed by atoms with Crippen molar-refractivity contribution in [3.8, 4) is 0 Å². The Hall–Kier alpha value is -1.25. The topological polar surface area (TPSA) is 34.0 Å². The Bertz CT molecular complexity index is 383. The van der Waals surface area contributed by atoms with Gasteiger partial charge >= 0.3 is 0 Å². The van der Waals surface area contributed by atoms with Gasteiger partial charge in [-0.15, -0.1) is 0 Å². The number of carbonyl (C=O) groups excluding carboxylic acids is 1. The zero-order chi connectivity index (χ0) is 11.8. The Balaban J connectivity index is 1.97. The van der Waals surface area contributed by atoms with Gasteiger partial charge in [0.1, 0.15) is 0 Å². The fourth-order valence-corrected chi connectivity index (χ4v) is 1.61. The summed E-state index contributed by atoms with van der Waals surface area (Å²) in [6, 6.07) is 1.88. The van der Waals surface area contributed by atoms with Crippen molar-refractivity contribution in [1.29, 1.82) is 0 Å². The van der Waals surface area contributed by atoms with Crippen molar-refractivity contribution in [2.45, 2.75) is 39.2 Å². The van der Waals surface area contributed by atoms with Crippen LogP contribution in [0.5, 0.6) is 0 Å². The molecule has 0 bridgehead atoms. The standard InChI is InChI=1S/C13H20N2O/c1-13(2,3)15-7-6-11(9-15)12(16)14-8-10-4-5-10/h6-7,9-10H,4-5,8H2,1-3H3,(H,14,16). The lowest BCUT2D eigenvalue weighted by Crippen LogP contribution is -2.25. The smallest absolute Gasteiger partial charge is 0.252 e. The van der Waals surface area contributed by atoms with E-state index in [0.29, 0.717) is 0 Å². The number of hydrogen-bond acceptors (Lipinski definition) is 1. The monoisotopic (exact) mass is 220 g/mol. The maximum Gasteiger partial charge on any atom is 0.252 e. The highest BCUT2D eigenvalue weighted by molar-refractivity contribution is 5.94. The lowest BCUT2D eigenvalue weighted by molar-refractivity contribution is 0.0951. The van der Waals surface area contributed by atoms with Gasteiger partial charge in [0.05, 0.1) is 5.56 Å². The predicted molar refractivity (Wildman–Crippen MR) is 64.5 cm³/mol. The Morgan fingerprint density at radius 1 is 1.50 bits per heavy atom. The molecule has 0 atom stereocenters. The van der Waals surface area contributed by atoms with E-state index in [2.05, 4.69) is 30.7 Å². The fourth-order valence-electron chi connectivity index (χ4n) is 1.61. The van der Waals surface area contributed by atoms with Crippen LogP contribution < -0.4 is 5.32 Å². The third-order valence-electron chi connectivity index (χ3n) is 2.98. The van der Waals surface area contributed by atoms with Gasteiger partial charge in [0.25, 0.3) is 5.91 Å². The van der Waals surface area contributed by atoms with E-state index in [9.17, 15) is 4.79 Å². The molecule has 3 nitrogen and oxygen atoms in total. The zero-order valence-corrected chi connectivity index (χ0v) is 10.3. The first kappa shape index (κ1) is 11.2. The fraction of sp³-hybridized carbons (Fsp3) is 0.615. The molecule has 3 heteroatoms. The lowest BCUT2D eigenvalue weighted by Gasteiger charge is -2.20. The highest BCUT2D eigenvalue weighted by Crippen LogP contribution is 2.27. The van der Waals surface area contributed by atoms with E-state index in [1.165, 1.54) is 12.8 Å². The molecule has 16 heavy (non-hydrogen) atoms. The van der Waals surface area contributed by atoms with E-state index in [-0.39, 0.29) is 11.4 Å². The van der Waals surface area contributed by atoms with E-state index >= 15 is 0 Å². The van der Waals surface area contributed by atoms with Crippen LogP contribution in [0.25, 0.3) is 0 Å². The van der Waals surface area contributed by atoms with E-state index < -0.39 is 0 Å². The molecule has 0 saturated heterocycles. The summed E-state index contributed by atoms with van der Waals surface area (Å²) in [6.45, 7) is 7.20. The SMILES string of the molecule is CC(C)(C)n1ccc(C(=O)NCC2CC2)c1. The van der Waals surface area contributed by atoms with Crippen molar-refractivity contribution >= 4 is 5.91 Å². The molecule has 0 radical (unpaired) electrons. The van der Waals surface area contributed by atoms with Gasteiger partial charge in [-0.1, -0.05) is 0 Å². The Morgan fingerprint density at radius 2 is 2.19 bits per heavy atom. The summed E-state index contributed by atoms with van der Waals surface area (Å²) in [5.74, 6) is 0.781. The van der Waals surface area contributed by atoms with Crippen molar-refractivity contribution in [2.24, 2.45) is 5.92 Å². The van der Waals surface area contributed by atoms with Crippen molar-refractivity contribution in [1.82, 2.24) is 9.88 Å². The molecule has 1 heterocycles. The first-order valence-corrected chi connectivity index (χ1v) is 5.93. The summed E-state index contributed by atoms with van der Waals surface area (Å²) in [5.41, 5.74) is 0.797. The van der Waals surface area contributed by atoms with Crippen LogP contribution in [0, 0.1) is 5.92 Å². The summed E-state index contributed by atoms with van der Waals surface area (Å²) in [7, 11) is 0. The molecule has 1 aromatic rings. The molecule has 1 fully saturated rings. The summed E-state index contributed by atoms with van der Waals surface area (Å²) in [4.78, 5) is 11.8. The Labute approximate surface area is 96.8 Å². The number of aromatic nitrogens is 1. The second-order valence-electron chi connectivity index (χ2n) is 5.63. The molecular formula is C13H20N2O. The normalized spacial score (nSPS) is 16.2. The van der Waals surface area contributed by atoms with Gasteiger partial charge in [0.15, 0.2) is 0 Å². The third-order valence-corrected chi connectivity index (χ3v) is 2.98. The third kappa shape index (κ3) is 2.65. The van der Waals surface area contributed by atoms with Gasteiger partial charge in [0, 0.05) is 24.5 Å². The number of hydrogen-bond donors (Lipinski definition) is 1. The number of amides is 1. The molecule has 1 amide bonds. The second-order valence-corrected chi connectivity index (χ2v) is 5.63. The number of nitrogens with zero attached hydrogens (tertiary/aromatic N) is 1. The van der Waals surface area contributed by atoms with Crippen LogP contribution >= 0.6 is 0 Å². The van der Waals surface area contributed by atoms with Crippen molar-refractivity contribution in [2.75, 3.05) is 6.54 Å². The highest BCUT2D eigenvalue weighted by atomic mass is 16.1. The molecule has 1 N–H and O–H groups in total. The van der Waals surface area contributed by atoms with Gasteiger partial charge < -0.3 is 9.88 Å². The summed E-state index contributed by atoms with van der Waals surface area (Å²) in [6.07, 6.45) is 6.42. The van der Waals surface area contributed by atoms with Gasteiger partial charge in [-0.05, 0) is 45.6 Å². The van der Waals surface area contributed by atoms with E-state index in [1.807, 2.05) is 18.5 Å². The van der Waals surface area contributed by atoms with Crippen molar-refractivity contribution in [3.63, 3.8) is 0 Å². The van der Waals surface area contributed by atoms with Crippen molar-refractivity contribution < 1.29 is 4.79 Å². The number of carbonyl (C=O) groups is 1. The molecule has 1 saturated carbocycles. The van der Waals surface area contributed by atoms with Crippen LogP contribution in [0.3, 0.4) is 0 Å². The molecule has 0 unspecified atom stereocenters. The van der Waals surface area contributed by atoms with Crippen LogP contribution in [-0.4, -0.2) is 17.0 Å². The number of rotatable bonds is 3. The molecule has 2 rings (SSSR count). The Kier molecular flexibility index (Phi) is 2.78. The van der Waals surface area contributed by atoms with Crippen LogP contribution in [0.1, 0.15) is 44.0 Å². The minimum atomic E-state index is 0.0367.